The Morgan fingerprint density at radius 1 is 1.57 bits per heavy atom. The van der Waals surface area contributed by atoms with Gasteiger partial charge in [0, 0.05) is 23.2 Å². The Bertz CT molecular complexity index is 295. The number of pyridine rings is 1. The second kappa shape index (κ2) is 4.38. The van der Waals surface area contributed by atoms with Gasteiger partial charge in [0.15, 0.2) is 0 Å². The lowest BCUT2D eigenvalue weighted by atomic mass is 9.97. The summed E-state index contributed by atoms with van der Waals surface area (Å²) in [7, 11) is 0. The molecule has 0 amide bonds. The van der Waals surface area contributed by atoms with Gasteiger partial charge in [0.2, 0.25) is 0 Å². The van der Waals surface area contributed by atoms with Crippen molar-refractivity contribution in [1.29, 1.82) is 0 Å². The van der Waals surface area contributed by atoms with Gasteiger partial charge < -0.3 is 10.5 Å². The van der Waals surface area contributed by atoms with E-state index in [4.69, 9.17) is 10.5 Å². The molecular weight excluding hydrogens is 244 g/mol. The van der Waals surface area contributed by atoms with Crippen LogP contribution in [0.4, 0.5) is 0 Å². The van der Waals surface area contributed by atoms with Crippen LogP contribution in [-0.2, 0) is 4.74 Å². The molecule has 0 spiro atoms. The maximum atomic E-state index is 6.09. The van der Waals surface area contributed by atoms with E-state index in [9.17, 15) is 0 Å². The van der Waals surface area contributed by atoms with Crippen LogP contribution in [0.1, 0.15) is 18.2 Å². The van der Waals surface area contributed by atoms with Crippen molar-refractivity contribution < 1.29 is 4.74 Å². The third kappa shape index (κ3) is 2.13. The molecule has 2 heterocycles. The average Bonchev–Trinajstić information content (AvgIpc) is 2.71. The SMILES string of the molecule is NC(c1ccc(Br)cn1)C1CCOC1. The molecule has 14 heavy (non-hydrogen) atoms. The fourth-order valence-electron chi connectivity index (χ4n) is 1.66. The fraction of sp³-hybridized carbons (Fsp3) is 0.500. The monoisotopic (exact) mass is 256 g/mol. The van der Waals surface area contributed by atoms with Crippen LogP contribution >= 0.6 is 15.9 Å². The van der Waals surface area contributed by atoms with Crippen LogP contribution < -0.4 is 5.73 Å². The summed E-state index contributed by atoms with van der Waals surface area (Å²) in [5, 5.41) is 0. The van der Waals surface area contributed by atoms with Gasteiger partial charge in [-0.05, 0) is 34.5 Å². The van der Waals surface area contributed by atoms with Gasteiger partial charge in [-0.2, -0.15) is 0 Å². The molecule has 0 saturated carbocycles. The van der Waals surface area contributed by atoms with Crippen molar-refractivity contribution in [2.75, 3.05) is 13.2 Å². The Labute approximate surface area is 91.8 Å². The standard InChI is InChI=1S/C10H13BrN2O/c11-8-1-2-9(13-5-8)10(12)7-3-4-14-6-7/h1-2,5,7,10H,3-4,6,12H2. The van der Waals surface area contributed by atoms with Gasteiger partial charge in [0.1, 0.15) is 0 Å². The van der Waals surface area contributed by atoms with E-state index < -0.39 is 0 Å². The lowest BCUT2D eigenvalue weighted by Crippen LogP contribution is -2.22. The molecule has 1 saturated heterocycles. The van der Waals surface area contributed by atoms with E-state index in [-0.39, 0.29) is 6.04 Å². The third-order valence-electron chi connectivity index (χ3n) is 2.56. The summed E-state index contributed by atoms with van der Waals surface area (Å²) in [6, 6.07) is 3.94. The molecule has 1 fully saturated rings. The number of rotatable bonds is 2. The minimum Gasteiger partial charge on any atom is -0.381 e. The summed E-state index contributed by atoms with van der Waals surface area (Å²) in [6.45, 7) is 1.59. The summed E-state index contributed by atoms with van der Waals surface area (Å²) < 4.78 is 6.29. The van der Waals surface area contributed by atoms with Crippen LogP contribution in [0.5, 0.6) is 0 Å². The van der Waals surface area contributed by atoms with Crippen LogP contribution in [0, 0.1) is 5.92 Å². The Hall–Kier alpha value is -0.450. The van der Waals surface area contributed by atoms with Crippen LogP contribution in [0.3, 0.4) is 0 Å². The number of hydrogen-bond donors (Lipinski definition) is 1. The molecule has 1 aromatic heterocycles. The van der Waals surface area contributed by atoms with Crippen molar-refractivity contribution in [3.63, 3.8) is 0 Å². The fourth-order valence-corrected chi connectivity index (χ4v) is 1.90. The number of halogens is 1. The topological polar surface area (TPSA) is 48.1 Å². The smallest absolute Gasteiger partial charge is 0.0575 e. The van der Waals surface area contributed by atoms with Gasteiger partial charge in [-0.3, -0.25) is 4.98 Å². The molecule has 1 aromatic rings. The lowest BCUT2D eigenvalue weighted by molar-refractivity contribution is 0.180. The van der Waals surface area contributed by atoms with E-state index in [2.05, 4.69) is 20.9 Å². The van der Waals surface area contributed by atoms with Crippen LogP contribution in [0.15, 0.2) is 22.8 Å². The highest BCUT2D eigenvalue weighted by Gasteiger charge is 2.24. The van der Waals surface area contributed by atoms with Gasteiger partial charge in [0.05, 0.1) is 18.3 Å². The van der Waals surface area contributed by atoms with Crippen LogP contribution in [0.2, 0.25) is 0 Å². The second-order valence-corrected chi connectivity index (χ2v) is 4.47. The molecule has 0 radical (unpaired) electrons. The first kappa shape index (κ1) is 10.1. The predicted molar refractivity (Wildman–Crippen MR) is 57.8 cm³/mol. The maximum absolute atomic E-state index is 6.09. The first-order valence-corrected chi connectivity index (χ1v) is 5.51. The van der Waals surface area contributed by atoms with Gasteiger partial charge in [-0.15, -0.1) is 0 Å². The summed E-state index contributed by atoms with van der Waals surface area (Å²) in [4.78, 5) is 4.30. The molecule has 1 aliphatic heterocycles. The van der Waals surface area contributed by atoms with E-state index in [1.165, 1.54) is 0 Å². The Morgan fingerprint density at radius 3 is 3.00 bits per heavy atom. The maximum Gasteiger partial charge on any atom is 0.0575 e. The van der Waals surface area contributed by atoms with Crippen LogP contribution in [-0.4, -0.2) is 18.2 Å². The minimum atomic E-state index is 0.00519. The van der Waals surface area contributed by atoms with Crippen molar-refractivity contribution in [2.24, 2.45) is 11.7 Å². The van der Waals surface area contributed by atoms with E-state index in [1.54, 1.807) is 6.20 Å². The molecule has 4 heteroatoms. The van der Waals surface area contributed by atoms with Crippen molar-refractivity contribution in [3.05, 3.63) is 28.5 Å². The summed E-state index contributed by atoms with van der Waals surface area (Å²) in [5.41, 5.74) is 7.04. The molecule has 76 valence electrons. The molecule has 2 atom stereocenters. The van der Waals surface area contributed by atoms with Crippen LogP contribution in [0.25, 0.3) is 0 Å². The van der Waals surface area contributed by atoms with Crippen molar-refractivity contribution >= 4 is 15.9 Å². The molecule has 0 aromatic carbocycles. The predicted octanol–water partition coefficient (Wildman–Crippen LogP) is 1.88. The minimum absolute atomic E-state index is 0.00519. The normalized spacial score (nSPS) is 23.7. The number of ether oxygens (including phenoxy) is 1. The van der Waals surface area contributed by atoms with Crippen molar-refractivity contribution in [3.8, 4) is 0 Å². The summed E-state index contributed by atoms with van der Waals surface area (Å²) in [5.74, 6) is 0.420. The van der Waals surface area contributed by atoms with Crippen molar-refractivity contribution in [2.45, 2.75) is 12.5 Å². The second-order valence-electron chi connectivity index (χ2n) is 3.55. The molecule has 2 N–H and O–H groups in total. The zero-order valence-corrected chi connectivity index (χ0v) is 9.40. The highest BCUT2D eigenvalue weighted by Crippen LogP contribution is 2.25. The molecule has 2 unspecified atom stereocenters. The Balaban J connectivity index is 2.09. The molecule has 0 aliphatic carbocycles. The lowest BCUT2D eigenvalue weighted by Gasteiger charge is -2.16. The third-order valence-corrected chi connectivity index (χ3v) is 3.03. The zero-order chi connectivity index (χ0) is 9.97. The molecule has 3 nitrogen and oxygen atoms in total. The molecule has 2 rings (SSSR count). The summed E-state index contributed by atoms with van der Waals surface area (Å²) in [6.07, 6.45) is 2.82. The number of nitrogens with two attached hydrogens (primary N) is 1. The van der Waals surface area contributed by atoms with Gasteiger partial charge >= 0.3 is 0 Å². The van der Waals surface area contributed by atoms with E-state index in [1.807, 2.05) is 12.1 Å². The number of hydrogen-bond acceptors (Lipinski definition) is 3. The van der Waals surface area contributed by atoms with Gasteiger partial charge in [-0.25, -0.2) is 0 Å². The highest BCUT2D eigenvalue weighted by molar-refractivity contribution is 9.10. The molecule has 0 bridgehead atoms. The average molecular weight is 257 g/mol. The van der Waals surface area contributed by atoms with Gasteiger partial charge in [-0.1, -0.05) is 0 Å². The van der Waals surface area contributed by atoms with E-state index in [0.717, 1.165) is 29.8 Å². The van der Waals surface area contributed by atoms with E-state index >= 15 is 0 Å². The quantitative estimate of drug-likeness (QED) is 0.879. The largest absolute Gasteiger partial charge is 0.381 e. The summed E-state index contributed by atoms with van der Waals surface area (Å²) >= 11 is 3.35. The Kier molecular flexibility index (Phi) is 3.15. The molecular formula is C10H13BrN2O. The van der Waals surface area contributed by atoms with E-state index in [0.29, 0.717) is 5.92 Å². The first-order chi connectivity index (χ1) is 6.77. The first-order valence-electron chi connectivity index (χ1n) is 4.72. The van der Waals surface area contributed by atoms with Crippen molar-refractivity contribution in [1.82, 2.24) is 4.98 Å². The highest BCUT2D eigenvalue weighted by atomic mass is 79.9. The number of aromatic nitrogens is 1. The Morgan fingerprint density at radius 2 is 2.43 bits per heavy atom. The zero-order valence-electron chi connectivity index (χ0n) is 7.82. The number of nitrogens with zero attached hydrogens (tertiary/aromatic N) is 1. The molecule has 1 aliphatic rings. The van der Waals surface area contributed by atoms with Gasteiger partial charge in [0.25, 0.3) is 0 Å².